The minimum absolute atomic E-state index is 0.0274. The molecule has 192 valence electrons. The van der Waals surface area contributed by atoms with E-state index in [2.05, 4.69) is 20.4 Å². The fraction of sp³-hybridized carbons (Fsp3) is 0.586. The number of benzene rings is 1. The van der Waals surface area contributed by atoms with Crippen LogP contribution in [-0.4, -0.2) is 33.9 Å². The molecule has 2 saturated carbocycles. The Morgan fingerprint density at radius 2 is 1.94 bits per heavy atom. The lowest BCUT2D eigenvalue weighted by Gasteiger charge is -2.57. The molecule has 0 bridgehead atoms. The summed E-state index contributed by atoms with van der Waals surface area (Å²) in [6, 6.07) is 4.33. The Morgan fingerprint density at radius 1 is 1.20 bits per heavy atom. The van der Waals surface area contributed by atoms with Crippen molar-refractivity contribution in [2.45, 2.75) is 72.1 Å². The van der Waals surface area contributed by atoms with E-state index in [1.54, 1.807) is 6.07 Å². The van der Waals surface area contributed by atoms with E-state index < -0.39 is 17.4 Å². The van der Waals surface area contributed by atoms with E-state index >= 15 is 0 Å². The second kappa shape index (κ2) is 10.9. The van der Waals surface area contributed by atoms with E-state index in [-0.39, 0.29) is 22.8 Å². The van der Waals surface area contributed by atoms with E-state index in [4.69, 9.17) is 4.74 Å². The van der Waals surface area contributed by atoms with Crippen molar-refractivity contribution in [3.8, 4) is 11.5 Å². The molecular formula is C29H40O6. The van der Waals surface area contributed by atoms with Gasteiger partial charge >= 0.3 is 11.9 Å². The quantitative estimate of drug-likeness (QED) is 0.164. The first-order valence-electron chi connectivity index (χ1n) is 12.7. The van der Waals surface area contributed by atoms with Crippen molar-refractivity contribution in [2.24, 2.45) is 28.6 Å². The number of ether oxygens (including phenoxy) is 1. The zero-order valence-corrected chi connectivity index (χ0v) is 21.3. The number of fused-ring (bicyclic) bond motifs is 1. The van der Waals surface area contributed by atoms with Gasteiger partial charge in [-0.1, -0.05) is 38.5 Å². The summed E-state index contributed by atoms with van der Waals surface area (Å²) in [5.74, 6) is -0.685. The Balaban J connectivity index is 1.49. The summed E-state index contributed by atoms with van der Waals surface area (Å²) in [7, 11) is 0. The monoisotopic (exact) mass is 484 g/mol. The van der Waals surface area contributed by atoms with Crippen LogP contribution in [0.4, 0.5) is 0 Å². The summed E-state index contributed by atoms with van der Waals surface area (Å²) in [5, 5.41) is 28.9. The number of hydrogen-bond donors (Lipinski definition) is 3. The number of hydrogen-bond acceptors (Lipinski definition) is 5. The number of esters is 1. The summed E-state index contributed by atoms with van der Waals surface area (Å²) < 4.78 is 5.34. The maximum absolute atomic E-state index is 12.2. The minimum atomic E-state index is -0.661. The summed E-state index contributed by atoms with van der Waals surface area (Å²) in [6.45, 7) is 11.1. The number of carboxylic acid groups (broad SMARTS) is 1. The van der Waals surface area contributed by atoms with Gasteiger partial charge in [0.25, 0.3) is 0 Å². The highest BCUT2D eigenvalue weighted by atomic mass is 16.5. The molecule has 35 heavy (non-hydrogen) atoms. The highest BCUT2D eigenvalue weighted by Gasteiger charge is 2.57. The molecule has 6 nitrogen and oxygen atoms in total. The van der Waals surface area contributed by atoms with Gasteiger partial charge in [0.1, 0.15) is 0 Å². The van der Waals surface area contributed by atoms with Crippen molar-refractivity contribution >= 4 is 18.0 Å². The van der Waals surface area contributed by atoms with Crippen molar-refractivity contribution in [3.63, 3.8) is 0 Å². The molecular weight excluding hydrogens is 444 g/mol. The number of rotatable bonds is 9. The van der Waals surface area contributed by atoms with Crippen molar-refractivity contribution in [1.29, 1.82) is 0 Å². The average molecular weight is 485 g/mol. The maximum Gasteiger partial charge on any atom is 0.330 e. The van der Waals surface area contributed by atoms with Gasteiger partial charge in [-0.25, -0.2) is 4.79 Å². The van der Waals surface area contributed by atoms with E-state index in [0.717, 1.165) is 51.4 Å². The van der Waals surface area contributed by atoms with Crippen molar-refractivity contribution in [1.82, 2.24) is 0 Å². The normalized spacial score (nSPS) is 29.5. The highest BCUT2D eigenvalue weighted by molar-refractivity contribution is 5.87. The summed E-state index contributed by atoms with van der Waals surface area (Å²) >= 11 is 0. The van der Waals surface area contributed by atoms with E-state index in [1.165, 1.54) is 29.9 Å². The number of phenols is 2. The number of phenolic OH excluding ortho intramolecular Hbond substituents is 2. The molecule has 5 atom stereocenters. The second-order valence-electron chi connectivity index (χ2n) is 11.1. The first-order valence-corrected chi connectivity index (χ1v) is 12.7. The average Bonchev–Trinajstić information content (AvgIpc) is 2.79. The lowest BCUT2D eigenvalue weighted by atomic mass is 9.46. The van der Waals surface area contributed by atoms with Crippen LogP contribution >= 0.6 is 0 Å². The summed E-state index contributed by atoms with van der Waals surface area (Å²) in [5.41, 5.74) is 1.17. The van der Waals surface area contributed by atoms with Gasteiger partial charge in [-0.2, -0.15) is 0 Å². The van der Waals surface area contributed by atoms with E-state index in [0.29, 0.717) is 24.0 Å². The first kappa shape index (κ1) is 26.8. The predicted octanol–water partition coefficient (Wildman–Crippen LogP) is 6.32. The van der Waals surface area contributed by atoms with Crippen LogP contribution in [0.2, 0.25) is 0 Å². The molecule has 2 fully saturated rings. The van der Waals surface area contributed by atoms with Gasteiger partial charge in [-0.15, -0.1) is 0 Å². The maximum atomic E-state index is 12.2. The standard InChI is InChI=1S/C29H40O6/c1-19(14-17-35-26(32)13-9-21-8-11-23(30)24(31)18-21)6-10-22-20(2)7-12-25-28(22,3)15-5-16-29(25,4)27(33)34/h8-9,11,13,18-19,22,25,30-31H,2,5-7,10,12,14-17H2,1,3-4H3,(H,33,34)/b13-9+/t19-,22+,25-,28+,29-/m0/s1. The Kier molecular flexibility index (Phi) is 8.34. The molecule has 0 amide bonds. The van der Waals surface area contributed by atoms with Crippen LogP contribution < -0.4 is 0 Å². The van der Waals surface area contributed by atoms with Crippen LogP contribution in [0.25, 0.3) is 6.08 Å². The largest absolute Gasteiger partial charge is 0.504 e. The van der Waals surface area contributed by atoms with Crippen LogP contribution in [0, 0.1) is 28.6 Å². The molecule has 2 aliphatic rings. The first-order chi connectivity index (χ1) is 16.5. The van der Waals surface area contributed by atoms with Gasteiger partial charge in [-0.3, -0.25) is 4.79 Å². The molecule has 1 aromatic rings. The SMILES string of the molecule is C=C1CC[C@H]2[C@](C)(CCC[C@]2(C)C(=O)O)[C@@H]1CC[C@H](C)CCOC(=O)/C=C/c1ccc(O)c(O)c1. The van der Waals surface area contributed by atoms with E-state index in [1.807, 2.05) is 6.92 Å². The number of aliphatic carboxylic acids is 1. The minimum Gasteiger partial charge on any atom is -0.504 e. The fourth-order valence-electron chi connectivity index (χ4n) is 6.55. The molecule has 0 radical (unpaired) electrons. The predicted molar refractivity (Wildman–Crippen MR) is 136 cm³/mol. The number of aromatic hydroxyl groups is 2. The number of carboxylic acids is 1. The van der Waals surface area contributed by atoms with Gasteiger partial charge in [0.2, 0.25) is 0 Å². The number of carbonyl (C=O) groups excluding carboxylic acids is 1. The molecule has 1 aromatic carbocycles. The molecule has 3 N–H and O–H groups in total. The summed E-state index contributed by atoms with van der Waals surface area (Å²) in [6.07, 6.45) is 10.2. The van der Waals surface area contributed by atoms with Crippen LogP contribution in [0.15, 0.2) is 36.4 Å². The van der Waals surface area contributed by atoms with Gasteiger partial charge in [0.15, 0.2) is 11.5 Å². The lowest BCUT2D eigenvalue weighted by Crippen LogP contribution is -2.53. The Labute approximate surface area is 208 Å². The zero-order chi connectivity index (χ0) is 25.8. The van der Waals surface area contributed by atoms with Crippen molar-refractivity contribution < 1.29 is 29.6 Å². The smallest absolute Gasteiger partial charge is 0.330 e. The third-order valence-electron chi connectivity index (χ3n) is 8.72. The second-order valence-corrected chi connectivity index (χ2v) is 11.1. The molecule has 0 spiro atoms. The number of carbonyl (C=O) groups is 2. The molecule has 6 heteroatoms. The topological polar surface area (TPSA) is 104 Å². The van der Waals surface area contributed by atoms with Crippen LogP contribution in [0.3, 0.4) is 0 Å². The lowest BCUT2D eigenvalue weighted by molar-refractivity contribution is -0.164. The molecule has 0 heterocycles. The zero-order valence-electron chi connectivity index (χ0n) is 21.3. The fourth-order valence-corrected chi connectivity index (χ4v) is 6.55. The molecule has 0 unspecified atom stereocenters. The van der Waals surface area contributed by atoms with Crippen LogP contribution in [0.5, 0.6) is 11.5 Å². The Hall–Kier alpha value is -2.76. The third kappa shape index (κ3) is 5.91. The third-order valence-corrected chi connectivity index (χ3v) is 8.72. The Morgan fingerprint density at radius 3 is 2.63 bits per heavy atom. The van der Waals surface area contributed by atoms with Gasteiger partial charge in [-0.05, 0) is 98.8 Å². The molecule has 0 saturated heterocycles. The molecule has 0 aliphatic heterocycles. The highest BCUT2D eigenvalue weighted by Crippen LogP contribution is 2.62. The molecule has 0 aromatic heterocycles. The van der Waals surface area contributed by atoms with Crippen LogP contribution in [-0.2, 0) is 14.3 Å². The van der Waals surface area contributed by atoms with Gasteiger partial charge < -0.3 is 20.1 Å². The van der Waals surface area contributed by atoms with Gasteiger partial charge in [0, 0.05) is 6.08 Å². The molecule has 2 aliphatic carbocycles. The van der Waals surface area contributed by atoms with E-state index in [9.17, 15) is 24.9 Å². The Bertz CT molecular complexity index is 981. The number of allylic oxidation sites excluding steroid dienone is 1. The van der Waals surface area contributed by atoms with Gasteiger partial charge in [0.05, 0.1) is 12.0 Å². The van der Waals surface area contributed by atoms with Crippen molar-refractivity contribution in [2.75, 3.05) is 6.61 Å². The summed E-state index contributed by atoms with van der Waals surface area (Å²) in [4.78, 5) is 24.2. The van der Waals surface area contributed by atoms with Crippen molar-refractivity contribution in [3.05, 3.63) is 42.0 Å². The van der Waals surface area contributed by atoms with Crippen LogP contribution in [0.1, 0.15) is 77.7 Å². The molecule has 3 rings (SSSR count).